The zero-order valence-corrected chi connectivity index (χ0v) is 14.7. The molecule has 0 amide bonds. The molecule has 0 saturated heterocycles. The first kappa shape index (κ1) is 18.0. The highest BCUT2D eigenvalue weighted by molar-refractivity contribution is 6.17. The molecule has 0 atom stereocenters. The number of ether oxygens (including phenoxy) is 3. The van der Waals surface area contributed by atoms with Gasteiger partial charge in [0.25, 0.3) is 0 Å². The number of benzene rings is 1. The average molecular weight is 332 g/mol. The Hall–Kier alpha value is -2.30. The third-order valence-corrected chi connectivity index (χ3v) is 4.02. The van der Waals surface area contributed by atoms with Gasteiger partial charge in [-0.3, -0.25) is 0 Å². The molecule has 0 aromatic heterocycles. The van der Waals surface area contributed by atoms with Gasteiger partial charge in [0.05, 0.1) is 19.8 Å². The van der Waals surface area contributed by atoms with Gasteiger partial charge in [-0.2, -0.15) is 0 Å². The molecule has 1 aliphatic heterocycles. The van der Waals surface area contributed by atoms with E-state index in [1.54, 1.807) is 13.8 Å². The molecule has 5 nitrogen and oxygen atoms in total. The fraction of sp³-hybridized carbons (Fsp3) is 0.474. The second-order valence-electron chi connectivity index (χ2n) is 6.24. The number of esters is 2. The zero-order chi connectivity index (χ0) is 17.7. The molecule has 1 aromatic rings. The molecule has 0 fully saturated rings. The first-order chi connectivity index (χ1) is 11.4. The van der Waals surface area contributed by atoms with Crippen molar-refractivity contribution in [2.45, 2.75) is 39.5 Å². The van der Waals surface area contributed by atoms with E-state index < -0.39 is 11.9 Å². The minimum absolute atomic E-state index is 0.0224. The van der Waals surface area contributed by atoms with Crippen LogP contribution in [0.5, 0.6) is 5.75 Å². The van der Waals surface area contributed by atoms with Gasteiger partial charge in [0.15, 0.2) is 0 Å². The van der Waals surface area contributed by atoms with E-state index in [0.29, 0.717) is 6.61 Å². The van der Waals surface area contributed by atoms with Crippen molar-refractivity contribution in [2.75, 3.05) is 19.8 Å². The molecule has 1 heterocycles. The lowest BCUT2D eigenvalue weighted by atomic mass is 9.79. The van der Waals surface area contributed by atoms with E-state index in [-0.39, 0.29) is 24.2 Å². The number of hydrogen-bond donors (Lipinski definition) is 0. The summed E-state index contributed by atoms with van der Waals surface area (Å²) in [5.74, 6) is -0.509. The molecule has 0 unspecified atom stereocenters. The highest BCUT2D eigenvalue weighted by atomic mass is 16.6. The predicted octanol–water partition coefficient (Wildman–Crippen LogP) is 3.26. The highest BCUT2D eigenvalue weighted by Gasteiger charge is 2.29. The van der Waals surface area contributed by atoms with E-state index >= 15 is 0 Å². The van der Waals surface area contributed by atoms with Crippen molar-refractivity contribution in [2.24, 2.45) is 0 Å². The number of hydrogen-bond acceptors (Lipinski definition) is 5. The maximum absolute atomic E-state index is 12.1. The summed E-state index contributed by atoms with van der Waals surface area (Å²) >= 11 is 0. The smallest absolute Gasteiger partial charge is 0.345 e. The van der Waals surface area contributed by atoms with Gasteiger partial charge in [-0.15, -0.1) is 0 Å². The predicted molar refractivity (Wildman–Crippen MR) is 90.8 cm³/mol. The van der Waals surface area contributed by atoms with E-state index in [0.717, 1.165) is 23.3 Å². The lowest BCUT2D eigenvalue weighted by Gasteiger charge is -2.32. The monoisotopic (exact) mass is 332 g/mol. The Morgan fingerprint density at radius 2 is 1.79 bits per heavy atom. The maximum atomic E-state index is 12.1. The van der Waals surface area contributed by atoms with Crippen LogP contribution in [-0.2, 0) is 24.5 Å². The summed E-state index contributed by atoms with van der Waals surface area (Å²) in [5, 5.41) is 0. The van der Waals surface area contributed by atoms with Crippen LogP contribution in [0.4, 0.5) is 0 Å². The number of rotatable bonds is 5. The quantitative estimate of drug-likeness (QED) is 0.358. The van der Waals surface area contributed by atoms with Crippen molar-refractivity contribution in [3.05, 3.63) is 34.9 Å². The SMILES string of the molecule is CCOC(=O)C(=Cc1ccc2c(c1)C(C)(C)CCO2)C(=O)OCC. The second-order valence-corrected chi connectivity index (χ2v) is 6.24. The van der Waals surface area contributed by atoms with Crippen molar-refractivity contribution >= 4 is 18.0 Å². The summed E-state index contributed by atoms with van der Waals surface area (Å²) < 4.78 is 15.6. The van der Waals surface area contributed by atoms with Crippen LogP contribution in [0.1, 0.15) is 45.2 Å². The molecule has 0 saturated carbocycles. The molecule has 0 radical (unpaired) electrons. The van der Waals surface area contributed by atoms with Crippen LogP contribution in [0.2, 0.25) is 0 Å². The Morgan fingerprint density at radius 1 is 1.17 bits per heavy atom. The van der Waals surface area contributed by atoms with Crippen LogP contribution in [0, 0.1) is 0 Å². The van der Waals surface area contributed by atoms with Gasteiger partial charge in [-0.1, -0.05) is 19.9 Å². The van der Waals surface area contributed by atoms with E-state index in [9.17, 15) is 9.59 Å². The van der Waals surface area contributed by atoms with Crippen LogP contribution in [0.15, 0.2) is 23.8 Å². The minimum Gasteiger partial charge on any atom is -0.493 e. The van der Waals surface area contributed by atoms with Gasteiger partial charge in [0.1, 0.15) is 11.3 Å². The van der Waals surface area contributed by atoms with Crippen LogP contribution in [0.3, 0.4) is 0 Å². The molecular weight excluding hydrogens is 308 g/mol. The average Bonchev–Trinajstić information content (AvgIpc) is 2.53. The topological polar surface area (TPSA) is 61.8 Å². The second kappa shape index (κ2) is 7.51. The van der Waals surface area contributed by atoms with Gasteiger partial charge >= 0.3 is 11.9 Å². The number of carbonyl (C=O) groups excluding carboxylic acids is 2. The Kier molecular flexibility index (Phi) is 5.65. The maximum Gasteiger partial charge on any atom is 0.345 e. The van der Waals surface area contributed by atoms with E-state index in [1.165, 1.54) is 6.08 Å². The summed E-state index contributed by atoms with van der Waals surface area (Å²) in [7, 11) is 0. The molecule has 0 aliphatic carbocycles. The first-order valence-corrected chi connectivity index (χ1v) is 8.22. The van der Waals surface area contributed by atoms with Crippen LogP contribution >= 0.6 is 0 Å². The van der Waals surface area contributed by atoms with Gasteiger partial charge in [-0.05, 0) is 49.5 Å². The van der Waals surface area contributed by atoms with Crippen LogP contribution in [0.25, 0.3) is 6.08 Å². The first-order valence-electron chi connectivity index (χ1n) is 8.22. The third kappa shape index (κ3) is 3.96. The normalized spacial score (nSPS) is 14.8. The van der Waals surface area contributed by atoms with Crippen molar-refractivity contribution < 1.29 is 23.8 Å². The lowest BCUT2D eigenvalue weighted by Crippen LogP contribution is -2.26. The number of fused-ring (bicyclic) bond motifs is 1. The van der Waals surface area contributed by atoms with Gasteiger partial charge < -0.3 is 14.2 Å². The lowest BCUT2D eigenvalue weighted by molar-refractivity contribution is -0.146. The molecule has 1 aromatic carbocycles. The third-order valence-electron chi connectivity index (χ3n) is 4.02. The molecule has 5 heteroatoms. The summed E-state index contributed by atoms with van der Waals surface area (Å²) in [6.07, 6.45) is 2.43. The highest BCUT2D eigenvalue weighted by Crippen LogP contribution is 2.39. The van der Waals surface area contributed by atoms with Gasteiger partial charge in [0, 0.05) is 5.56 Å². The zero-order valence-electron chi connectivity index (χ0n) is 14.7. The van der Waals surface area contributed by atoms with Gasteiger partial charge in [-0.25, -0.2) is 9.59 Å². The number of carbonyl (C=O) groups is 2. The Morgan fingerprint density at radius 3 is 2.38 bits per heavy atom. The van der Waals surface area contributed by atoms with Crippen LogP contribution in [-0.4, -0.2) is 31.8 Å². The molecule has 130 valence electrons. The molecule has 0 bridgehead atoms. The van der Waals surface area contributed by atoms with Crippen molar-refractivity contribution in [1.29, 1.82) is 0 Å². The molecule has 2 rings (SSSR count). The fourth-order valence-corrected chi connectivity index (χ4v) is 2.63. The Labute approximate surface area is 142 Å². The molecular formula is C19H24O5. The largest absolute Gasteiger partial charge is 0.493 e. The summed E-state index contributed by atoms with van der Waals surface area (Å²) in [4.78, 5) is 24.1. The van der Waals surface area contributed by atoms with E-state index in [1.807, 2.05) is 18.2 Å². The van der Waals surface area contributed by atoms with Crippen molar-refractivity contribution in [1.82, 2.24) is 0 Å². The standard InChI is InChI=1S/C19H24O5/c1-5-22-17(20)14(18(21)23-6-2)11-13-7-8-16-15(12-13)19(3,4)9-10-24-16/h7-8,11-12H,5-6,9-10H2,1-4H3. The summed E-state index contributed by atoms with van der Waals surface area (Å²) in [5.41, 5.74) is 1.68. The van der Waals surface area contributed by atoms with E-state index in [4.69, 9.17) is 14.2 Å². The van der Waals surface area contributed by atoms with Gasteiger partial charge in [0.2, 0.25) is 0 Å². The summed E-state index contributed by atoms with van der Waals surface area (Å²) in [6.45, 7) is 8.77. The Bertz CT molecular complexity index is 638. The molecule has 24 heavy (non-hydrogen) atoms. The molecule has 1 aliphatic rings. The van der Waals surface area contributed by atoms with E-state index in [2.05, 4.69) is 13.8 Å². The molecule has 0 N–H and O–H groups in total. The Balaban J connectivity index is 2.42. The molecule has 0 spiro atoms. The van der Waals surface area contributed by atoms with Crippen molar-refractivity contribution in [3.63, 3.8) is 0 Å². The minimum atomic E-state index is -0.677. The van der Waals surface area contributed by atoms with Crippen molar-refractivity contribution in [3.8, 4) is 5.75 Å². The fourth-order valence-electron chi connectivity index (χ4n) is 2.63. The summed E-state index contributed by atoms with van der Waals surface area (Å²) in [6, 6.07) is 5.64. The van der Waals surface area contributed by atoms with Crippen LogP contribution < -0.4 is 4.74 Å².